The van der Waals surface area contributed by atoms with E-state index >= 15 is 0 Å². The topological polar surface area (TPSA) is 38.3 Å². The summed E-state index contributed by atoms with van der Waals surface area (Å²) in [7, 11) is 0. The van der Waals surface area contributed by atoms with Crippen LogP contribution in [0.3, 0.4) is 0 Å². The SMILES string of the molecule is CC1COC(=O)CN1. The molecule has 0 aromatic heterocycles. The molecule has 1 heterocycles. The van der Waals surface area contributed by atoms with Gasteiger partial charge in [0.2, 0.25) is 0 Å². The number of ether oxygens (including phenoxy) is 1. The van der Waals surface area contributed by atoms with Crippen LogP contribution in [0.2, 0.25) is 0 Å². The Morgan fingerprint density at radius 1 is 1.88 bits per heavy atom. The average molecular weight is 115 g/mol. The van der Waals surface area contributed by atoms with Gasteiger partial charge in [0, 0.05) is 6.04 Å². The Labute approximate surface area is 48.0 Å². The van der Waals surface area contributed by atoms with Gasteiger partial charge in [0.1, 0.15) is 6.61 Å². The molecule has 46 valence electrons. The lowest BCUT2D eigenvalue weighted by molar-refractivity contribution is -0.146. The van der Waals surface area contributed by atoms with Gasteiger partial charge in [-0.3, -0.25) is 4.79 Å². The van der Waals surface area contributed by atoms with Gasteiger partial charge in [0.05, 0.1) is 6.54 Å². The molecule has 1 saturated heterocycles. The Balaban J connectivity index is 2.29. The summed E-state index contributed by atoms with van der Waals surface area (Å²) in [6, 6.07) is 0.327. The first-order chi connectivity index (χ1) is 3.79. The molecular formula is C5H9NO2. The van der Waals surface area contributed by atoms with E-state index in [0.717, 1.165) is 0 Å². The van der Waals surface area contributed by atoms with Gasteiger partial charge in [-0.15, -0.1) is 0 Å². The zero-order valence-electron chi connectivity index (χ0n) is 4.81. The van der Waals surface area contributed by atoms with Gasteiger partial charge in [-0.05, 0) is 6.92 Å². The second-order valence-corrected chi connectivity index (χ2v) is 1.96. The highest BCUT2D eigenvalue weighted by molar-refractivity contribution is 5.72. The molecular weight excluding hydrogens is 106 g/mol. The highest BCUT2D eigenvalue weighted by Crippen LogP contribution is 1.90. The molecule has 8 heavy (non-hydrogen) atoms. The molecule has 1 aliphatic heterocycles. The third-order valence-electron chi connectivity index (χ3n) is 1.09. The van der Waals surface area contributed by atoms with Gasteiger partial charge in [-0.25, -0.2) is 0 Å². The second kappa shape index (κ2) is 2.13. The van der Waals surface area contributed by atoms with Crippen molar-refractivity contribution in [1.29, 1.82) is 0 Å². The lowest BCUT2D eigenvalue weighted by atomic mass is 10.3. The van der Waals surface area contributed by atoms with Crippen LogP contribution in [0.1, 0.15) is 6.92 Å². The maximum absolute atomic E-state index is 10.3. The Hall–Kier alpha value is -0.570. The van der Waals surface area contributed by atoms with E-state index < -0.39 is 0 Å². The normalized spacial score (nSPS) is 29.6. The molecule has 1 unspecified atom stereocenters. The minimum atomic E-state index is -0.150. The van der Waals surface area contributed by atoms with Gasteiger partial charge in [-0.1, -0.05) is 0 Å². The van der Waals surface area contributed by atoms with Crippen LogP contribution in [0.4, 0.5) is 0 Å². The number of hydrogen-bond donors (Lipinski definition) is 1. The molecule has 0 amide bonds. The number of rotatable bonds is 0. The summed E-state index contributed by atoms with van der Waals surface area (Å²) in [4.78, 5) is 10.3. The highest BCUT2D eigenvalue weighted by Gasteiger charge is 2.13. The summed E-state index contributed by atoms with van der Waals surface area (Å²) in [6.45, 7) is 2.85. The summed E-state index contributed by atoms with van der Waals surface area (Å²) in [5.74, 6) is -0.150. The molecule has 1 N–H and O–H groups in total. The zero-order chi connectivity index (χ0) is 5.98. The lowest BCUT2D eigenvalue weighted by Crippen LogP contribution is -2.41. The van der Waals surface area contributed by atoms with Gasteiger partial charge in [0.15, 0.2) is 0 Å². The summed E-state index contributed by atoms with van der Waals surface area (Å²) < 4.78 is 4.69. The predicted octanol–water partition coefficient (Wildman–Crippen LogP) is -0.479. The fourth-order valence-corrected chi connectivity index (χ4v) is 0.585. The van der Waals surface area contributed by atoms with Crippen LogP contribution in [0.15, 0.2) is 0 Å². The van der Waals surface area contributed by atoms with Crippen LogP contribution in [0.5, 0.6) is 0 Å². The zero-order valence-corrected chi connectivity index (χ0v) is 4.81. The predicted molar refractivity (Wildman–Crippen MR) is 28.4 cm³/mol. The summed E-state index contributed by atoms with van der Waals surface area (Å²) >= 11 is 0. The molecule has 1 rings (SSSR count). The molecule has 1 fully saturated rings. The molecule has 3 heteroatoms. The third kappa shape index (κ3) is 1.20. The molecule has 0 aromatic carbocycles. The minimum Gasteiger partial charge on any atom is -0.463 e. The largest absolute Gasteiger partial charge is 0.463 e. The van der Waals surface area contributed by atoms with E-state index in [9.17, 15) is 4.79 Å². The van der Waals surface area contributed by atoms with Crippen molar-refractivity contribution in [3.8, 4) is 0 Å². The fourth-order valence-electron chi connectivity index (χ4n) is 0.585. The van der Waals surface area contributed by atoms with E-state index in [1.807, 2.05) is 6.92 Å². The number of carbonyl (C=O) groups is 1. The van der Waals surface area contributed by atoms with Gasteiger partial charge in [-0.2, -0.15) is 0 Å². The molecule has 0 aliphatic carbocycles. The van der Waals surface area contributed by atoms with Crippen molar-refractivity contribution in [3.63, 3.8) is 0 Å². The summed E-state index contributed by atoms with van der Waals surface area (Å²) in [6.07, 6.45) is 0. The Morgan fingerprint density at radius 3 is 3.00 bits per heavy atom. The number of morpholine rings is 1. The quantitative estimate of drug-likeness (QED) is 0.433. The molecule has 1 atom stereocenters. The van der Waals surface area contributed by atoms with E-state index in [2.05, 4.69) is 10.1 Å². The van der Waals surface area contributed by atoms with Gasteiger partial charge in [0.25, 0.3) is 0 Å². The maximum Gasteiger partial charge on any atom is 0.319 e. The third-order valence-corrected chi connectivity index (χ3v) is 1.09. The first kappa shape index (κ1) is 5.56. The highest BCUT2D eigenvalue weighted by atomic mass is 16.5. The monoisotopic (exact) mass is 115 g/mol. The van der Waals surface area contributed by atoms with Crippen molar-refractivity contribution in [1.82, 2.24) is 5.32 Å². The molecule has 1 aliphatic rings. The van der Waals surface area contributed by atoms with E-state index in [-0.39, 0.29) is 5.97 Å². The standard InChI is InChI=1S/C5H9NO2/c1-4-3-8-5(7)2-6-4/h4,6H,2-3H2,1H3. The van der Waals surface area contributed by atoms with Crippen LogP contribution < -0.4 is 5.32 Å². The van der Waals surface area contributed by atoms with Crippen molar-refractivity contribution < 1.29 is 9.53 Å². The molecule has 3 nitrogen and oxygen atoms in total. The van der Waals surface area contributed by atoms with Crippen molar-refractivity contribution in [2.24, 2.45) is 0 Å². The smallest absolute Gasteiger partial charge is 0.319 e. The van der Waals surface area contributed by atoms with Crippen LogP contribution in [-0.4, -0.2) is 25.2 Å². The van der Waals surface area contributed by atoms with Gasteiger partial charge < -0.3 is 10.1 Å². The average Bonchev–Trinajstić information content (AvgIpc) is 1.77. The molecule has 0 spiro atoms. The molecule has 0 bridgehead atoms. The van der Waals surface area contributed by atoms with Crippen LogP contribution in [-0.2, 0) is 9.53 Å². The van der Waals surface area contributed by atoms with Crippen LogP contribution in [0.25, 0.3) is 0 Å². The first-order valence-electron chi connectivity index (χ1n) is 2.68. The van der Waals surface area contributed by atoms with Crippen molar-refractivity contribution >= 4 is 5.97 Å². The van der Waals surface area contributed by atoms with Crippen molar-refractivity contribution in [3.05, 3.63) is 0 Å². The van der Waals surface area contributed by atoms with E-state index in [0.29, 0.717) is 19.2 Å². The van der Waals surface area contributed by atoms with Gasteiger partial charge >= 0.3 is 5.97 Å². The molecule has 0 radical (unpaired) electrons. The first-order valence-corrected chi connectivity index (χ1v) is 2.68. The molecule has 0 saturated carbocycles. The van der Waals surface area contributed by atoms with E-state index in [1.165, 1.54) is 0 Å². The number of hydrogen-bond acceptors (Lipinski definition) is 3. The number of nitrogens with one attached hydrogen (secondary N) is 1. The van der Waals surface area contributed by atoms with Crippen molar-refractivity contribution in [2.75, 3.05) is 13.2 Å². The Morgan fingerprint density at radius 2 is 2.62 bits per heavy atom. The molecule has 0 aromatic rings. The Kier molecular flexibility index (Phi) is 1.48. The summed E-state index contributed by atoms with van der Waals surface area (Å²) in [5, 5.41) is 2.96. The number of esters is 1. The minimum absolute atomic E-state index is 0.150. The summed E-state index contributed by atoms with van der Waals surface area (Å²) in [5.41, 5.74) is 0. The van der Waals surface area contributed by atoms with E-state index in [4.69, 9.17) is 0 Å². The van der Waals surface area contributed by atoms with Crippen LogP contribution in [0, 0.1) is 0 Å². The second-order valence-electron chi connectivity index (χ2n) is 1.96. The number of carbonyl (C=O) groups excluding carboxylic acids is 1. The fraction of sp³-hybridized carbons (Fsp3) is 0.800. The Bertz CT molecular complexity index is 92.6. The van der Waals surface area contributed by atoms with E-state index in [1.54, 1.807) is 0 Å². The number of cyclic esters (lactones) is 1. The maximum atomic E-state index is 10.3. The van der Waals surface area contributed by atoms with Crippen molar-refractivity contribution in [2.45, 2.75) is 13.0 Å². The lowest BCUT2D eigenvalue weighted by Gasteiger charge is -2.18. The van der Waals surface area contributed by atoms with Crippen LogP contribution >= 0.6 is 0 Å².